The molecule has 0 spiro atoms. The summed E-state index contributed by atoms with van der Waals surface area (Å²) in [4.78, 5) is 16.5. The first-order valence-corrected chi connectivity index (χ1v) is 7.34. The summed E-state index contributed by atoms with van der Waals surface area (Å²) in [5, 5.41) is 1.32. The van der Waals surface area contributed by atoms with E-state index in [1.807, 2.05) is 12.1 Å². The molecule has 0 unspecified atom stereocenters. The van der Waals surface area contributed by atoms with Crippen LogP contribution in [0.4, 0.5) is 0 Å². The van der Waals surface area contributed by atoms with Crippen LogP contribution in [0.25, 0.3) is 10.9 Å². The van der Waals surface area contributed by atoms with E-state index in [-0.39, 0.29) is 0 Å². The van der Waals surface area contributed by atoms with Crippen molar-refractivity contribution in [1.29, 1.82) is 0 Å². The Bertz CT molecular complexity index is 835. The van der Waals surface area contributed by atoms with E-state index >= 15 is 0 Å². The number of carbonyl (C=O) groups excluding carboxylic acids is 1. The topological polar surface area (TPSA) is 39.2 Å². The highest BCUT2D eigenvalue weighted by Gasteiger charge is 2.14. The van der Waals surface area contributed by atoms with E-state index in [9.17, 15) is 4.79 Å². The van der Waals surface area contributed by atoms with Crippen molar-refractivity contribution in [2.75, 3.05) is 0 Å². The number of halogens is 2. The lowest BCUT2D eigenvalue weighted by Crippen LogP contribution is -2.09. The van der Waals surface area contributed by atoms with Gasteiger partial charge in [0.1, 0.15) is 5.52 Å². The van der Waals surface area contributed by atoms with Gasteiger partial charge in [-0.2, -0.15) is 0 Å². The Hall–Kier alpha value is -1.91. The van der Waals surface area contributed by atoms with Gasteiger partial charge in [-0.3, -0.25) is 4.98 Å². The van der Waals surface area contributed by atoms with Crippen molar-refractivity contribution < 1.29 is 9.53 Å². The minimum Gasteiger partial charge on any atom is -0.421 e. The first-order chi connectivity index (χ1) is 10.2. The minimum absolute atomic E-state index is 0.385. The molecular weight excluding hydrogens is 354 g/mol. The van der Waals surface area contributed by atoms with E-state index in [2.05, 4.69) is 20.9 Å². The van der Waals surface area contributed by atoms with Crippen molar-refractivity contribution in [3.05, 3.63) is 69.8 Å². The lowest BCUT2D eigenvalue weighted by molar-refractivity contribution is 0.0736. The van der Waals surface area contributed by atoms with Crippen LogP contribution in [0.15, 0.2) is 59.2 Å². The second-order valence-corrected chi connectivity index (χ2v) is 5.58. The van der Waals surface area contributed by atoms with Gasteiger partial charge in [0.25, 0.3) is 0 Å². The van der Waals surface area contributed by atoms with Crippen molar-refractivity contribution in [3.8, 4) is 5.75 Å². The van der Waals surface area contributed by atoms with Gasteiger partial charge in [0.15, 0.2) is 5.75 Å². The van der Waals surface area contributed by atoms with E-state index in [0.717, 1.165) is 5.39 Å². The molecule has 3 rings (SSSR count). The zero-order valence-corrected chi connectivity index (χ0v) is 13.1. The summed E-state index contributed by atoms with van der Waals surface area (Å²) < 4.78 is 6.14. The molecular formula is C16H9BrClNO2. The fourth-order valence-electron chi connectivity index (χ4n) is 1.98. The Morgan fingerprint density at radius 1 is 1.10 bits per heavy atom. The van der Waals surface area contributed by atoms with Crippen LogP contribution < -0.4 is 4.74 Å². The molecule has 1 aromatic heterocycles. The van der Waals surface area contributed by atoms with Crippen LogP contribution in [0.1, 0.15) is 10.4 Å². The molecule has 5 heteroatoms. The summed E-state index contributed by atoms with van der Waals surface area (Å²) in [5.41, 5.74) is 1.02. The van der Waals surface area contributed by atoms with Gasteiger partial charge in [-0.25, -0.2) is 4.79 Å². The van der Waals surface area contributed by atoms with Crippen LogP contribution in [0.2, 0.25) is 5.02 Å². The van der Waals surface area contributed by atoms with Crippen molar-refractivity contribution >= 4 is 44.4 Å². The van der Waals surface area contributed by atoms with E-state index in [1.54, 1.807) is 42.6 Å². The molecule has 0 bridgehead atoms. The molecule has 1 heterocycles. The fourth-order valence-corrected chi connectivity index (χ4v) is 2.64. The van der Waals surface area contributed by atoms with Crippen LogP contribution >= 0.6 is 27.5 Å². The van der Waals surface area contributed by atoms with Gasteiger partial charge in [0.2, 0.25) is 0 Å². The number of ether oxygens (including phenoxy) is 1. The summed E-state index contributed by atoms with van der Waals surface area (Å²) in [7, 11) is 0. The summed E-state index contributed by atoms with van der Waals surface area (Å²) in [6.45, 7) is 0. The number of hydrogen-bond donors (Lipinski definition) is 0. The molecule has 104 valence electrons. The Morgan fingerprint density at radius 2 is 1.90 bits per heavy atom. The van der Waals surface area contributed by atoms with Crippen molar-refractivity contribution in [1.82, 2.24) is 4.98 Å². The van der Waals surface area contributed by atoms with E-state index in [0.29, 0.717) is 26.3 Å². The maximum Gasteiger partial charge on any atom is 0.344 e. The molecule has 3 aromatic rings. The minimum atomic E-state index is -0.447. The van der Waals surface area contributed by atoms with Crippen molar-refractivity contribution in [3.63, 3.8) is 0 Å². The second-order valence-electron chi connectivity index (χ2n) is 4.31. The number of rotatable bonds is 2. The van der Waals surface area contributed by atoms with Crippen molar-refractivity contribution in [2.24, 2.45) is 0 Å². The standard InChI is InChI=1S/C16H9BrClNO2/c17-12-6-2-1-4-10(12)16(20)21-14-8-7-13(18)11-5-3-9-19-15(11)14/h1-9H. The lowest BCUT2D eigenvalue weighted by atomic mass is 10.2. The Labute approximate surface area is 134 Å². The maximum atomic E-state index is 12.3. The number of aromatic nitrogens is 1. The summed E-state index contributed by atoms with van der Waals surface area (Å²) in [6, 6.07) is 14.0. The third-order valence-electron chi connectivity index (χ3n) is 2.98. The molecule has 21 heavy (non-hydrogen) atoms. The van der Waals surface area contributed by atoms with Gasteiger partial charge in [-0.15, -0.1) is 0 Å². The van der Waals surface area contributed by atoms with Gasteiger partial charge in [0.05, 0.1) is 10.6 Å². The maximum absolute atomic E-state index is 12.3. The van der Waals surface area contributed by atoms with Crippen molar-refractivity contribution in [2.45, 2.75) is 0 Å². The third-order valence-corrected chi connectivity index (χ3v) is 4.00. The van der Waals surface area contributed by atoms with E-state index < -0.39 is 5.97 Å². The molecule has 0 aliphatic heterocycles. The quantitative estimate of drug-likeness (QED) is 0.482. The van der Waals surface area contributed by atoms with Crippen LogP contribution in [-0.4, -0.2) is 11.0 Å². The molecule has 0 radical (unpaired) electrons. The van der Waals surface area contributed by atoms with Crippen LogP contribution in [0.5, 0.6) is 5.75 Å². The molecule has 0 aliphatic rings. The Morgan fingerprint density at radius 3 is 2.71 bits per heavy atom. The number of benzene rings is 2. The Kier molecular flexibility index (Phi) is 3.90. The average molecular weight is 363 g/mol. The number of fused-ring (bicyclic) bond motifs is 1. The number of esters is 1. The highest BCUT2D eigenvalue weighted by molar-refractivity contribution is 9.10. The number of pyridine rings is 1. The zero-order chi connectivity index (χ0) is 14.8. The Balaban J connectivity index is 2.01. The molecule has 0 saturated heterocycles. The van der Waals surface area contributed by atoms with Crippen LogP contribution in [-0.2, 0) is 0 Å². The fraction of sp³-hybridized carbons (Fsp3) is 0. The van der Waals surface area contributed by atoms with Crippen LogP contribution in [0.3, 0.4) is 0 Å². The second kappa shape index (κ2) is 5.84. The first kappa shape index (κ1) is 14.0. The number of nitrogens with zero attached hydrogens (tertiary/aromatic N) is 1. The summed E-state index contributed by atoms with van der Waals surface area (Å²) in [6.07, 6.45) is 1.63. The van der Waals surface area contributed by atoms with Gasteiger partial charge in [-0.1, -0.05) is 23.7 Å². The normalized spacial score (nSPS) is 10.6. The molecule has 3 nitrogen and oxygen atoms in total. The lowest BCUT2D eigenvalue weighted by Gasteiger charge is -2.09. The number of hydrogen-bond acceptors (Lipinski definition) is 3. The molecule has 0 atom stereocenters. The highest BCUT2D eigenvalue weighted by Crippen LogP contribution is 2.30. The molecule has 0 N–H and O–H groups in total. The smallest absolute Gasteiger partial charge is 0.344 e. The van der Waals surface area contributed by atoms with E-state index in [1.165, 1.54) is 0 Å². The molecule has 0 aliphatic carbocycles. The monoisotopic (exact) mass is 361 g/mol. The molecule has 0 amide bonds. The summed E-state index contributed by atoms with van der Waals surface area (Å²) >= 11 is 9.45. The van der Waals surface area contributed by atoms with Crippen LogP contribution in [0, 0.1) is 0 Å². The SMILES string of the molecule is O=C(Oc1ccc(Cl)c2cccnc12)c1ccccc1Br. The molecule has 0 fully saturated rings. The zero-order valence-electron chi connectivity index (χ0n) is 10.7. The highest BCUT2D eigenvalue weighted by atomic mass is 79.9. The number of carbonyl (C=O) groups is 1. The first-order valence-electron chi connectivity index (χ1n) is 6.17. The molecule has 2 aromatic carbocycles. The van der Waals surface area contributed by atoms with Gasteiger partial charge in [0, 0.05) is 16.1 Å². The predicted molar refractivity (Wildman–Crippen MR) is 85.9 cm³/mol. The van der Waals surface area contributed by atoms with Gasteiger partial charge >= 0.3 is 5.97 Å². The third kappa shape index (κ3) is 2.77. The van der Waals surface area contributed by atoms with E-state index in [4.69, 9.17) is 16.3 Å². The average Bonchev–Trinajstić information content (AvgIpc) is 2.51. The molecule has 0 saturated carbocycles. The summed E-state index contributed by atoms with van der Waals surface area (Å²) in [5.74, 6) is -0.0625. The predicted octanol–water partition coefficient (Wildman–Crippen LogP) is 4.87. The van der Waals surface area contributed by atoms with Gasteiger partial charge < -0.3 is 4.74 Å². The largest absolute Gasteiger partial charge is 0.421 e. The van der Waals surface area contributed by atoms with Gasteiger partial charge in [-0.05, 0) is 52.3 Å².